The van der Waals surface area contributed by atoms with E-state index in [1.54, 1.807) is 0 Å². The third-order valence-corrected chi connectivity index (χ3v) is 4.29. The molecule has 1 aliphatic heterocycles. The van der Waals surface area contributed by atoms with Crippen molar-refractivity contribution in [1.29, 1.82) is 0 Å². The van der Waals surface area contributed by atoms with Gasteiger partial charge in [0.1, 0.15) is 11.3 Å². The van der Waals surface area contributed by atoms with Crippen molar-refractivity contribution in [2.24, 2.45) is 0 Å². The first kappa shape index (κ1) is 12.7. The maximum absolute atomic E-state index is 5.93. The van der Waals surface area contributed by atoms with Gasteiger partial charge in [0.05, 0.1) is 0 Å². The molecule has 0 unspecified atom stereocenters. The number of para-hydroxylation sites is 1. The number of rotatable bonds is 2. The number of aryl methyl sites for hydroxylation is 1. The molecule has 102 valence electrons. The highest BCUT2D eigenvalue weighted by atomic mass is 16.3. The van der Waals surface area contributed by atoms with E-state index >= 15 is 0 Å². The number of furan rings is 1. The van der Waals surface area contributed by atoms with E-state index in [2.05, 4.69) is 49.2 Å². The van der Waals surface area contributed by atoms with E-state index in [0.29, 0.717) is 0 Å². The molecule has 3 nitrogen and oxygen atoms in total. The van der Waals surface area contributed by atoms with E-state index < -0.39 is 0 Å². The lowest BCUT2D eigenvalue weighted by molar-refractivity contribution is 0.102. The van der Waals surface area contributed by atoms with Gasteiger partial charge in [0.15, 0.2) is 0 Å². The summed E-state index contributed by atoms with van der Waals surface area (Å²) in [5.74, 6) is 1.05. The fourth-order valence-electron chi connectivity index (χ4n) is 3.31. The molecule has 0 atom stereocenters. The minimum absolute atomic E-state index is 0.0127. The van der Waals surface area contributed by atoms with Crippen molar-refractivity contribution in [3.05, 3.63) is 35.6 Å². The van der Waals surface area contributed by atoms with Crippen LogP contribution in [0.15, 0.2) is 28.7 Å². The van der Waals surface area contributed by atoms with Crippen LogP contribution in [0.25, 0.3) is 11.0 Å². The van der Waals surface area contributed by atoms with Crippen LogP contribution in [-0.2, 0) is 5.54 Å². The van der Waals surface area contributed by atoms with Gasteiger partial charge in [-0.15, -0.1) is 0 Å². The summed E-state index contributed by atoms with van der Waals surface area (Å²) in [6, 6.07) is 8.35. The molecule has 1 N–H and O–H groups in total. The number of hydrogen-bond acceptors (Lipinski definition) is 3. The smallest absolute Gasteiger partial charge is 0.134 e. The number of nitrogens with zero attached hydrogens (tertiary/aromatic N) is 1. The molecule has 0 bridgehead atoms. The average Bonchev–Trinajstić information content (AvgIpc) is 2.76. The lowest BCUT2D eigenvalue weighted by atomic mass is 9.89. The highest BCUT2D eigenvalue weighted by Gasteiger charge is 2.34. The fraction of sp³-hybridized carbons (Fsp3) is 0.500. The quantitative estimate of drug-likeness (QED) is 0.898. The van der Waals surface area contributed by atoms with Gasteiger partial charge in [0, 0.05) is 42.7 Å². The van der Waals surface area contributed by atoms with Crippen LogP contribution < -0.4 is 5.32 Å². The van der Waals surface area contributed by atoms with Crippen LogP contribution in [0.2, 0.25) is 0 Å². The Labute approximate surface area is 114 Å². The summed E-state index contributed by atoms with van der Waals surface area (Å²) < 4.78 is 5.93. The minimum atomic E-state index is 0.0127. The van der Waals surface area contributed by atoms with Gasteiger partial charge in [-0.05, 0) is 26.8 Å². The number of fused-ring (bicyclic) bond motifs is 1. The molecule has 0 aliphatic carbocycles. The fourth-order valence-corrected chi connectivity index (χ4v) is 3.31. The molecule has 1 aromatic heterocycles. The van der Waals surface area contributed by atoms with Gasteiger partial charge in [0.25, 0.3) is 0 Å². The monoisotopic (exact) mass is 258 g/mol. The van der Waals surface area contributed by atoms with Crippen molar-refractivity contribution in [1.82, 2.24) is 10.2 Å². The second kappa shape index (κ2) is 4.66. The molecule has 0 saturated carbocycles. The first-order chi connectivity index (χ1) is 9.10. The molecule has 1 aromatic carbocycles. The Balaban J connectivity index is 2.09. The summed E-state index contributed by atoms with van der Waals surface area (Å²) in [4.78, 5) is 2.55. The molecule has 2 aromatic rings. The van der Waals surface area contributed by atoms with Crippen LogP contribution in [0.4, 0.5) is 0 Å². The Morgan fingerprint density at radius 1 is 1.16 bits per heavy atom. The second-order valence-electron chi connectivity index (χ2n) is 5.83. The van der Waals surface area contributed by atoms with Gasteiger partial charge in [0.2, 0.25) is 0 Å². The molecule has 0 amide bonds. The first-order valence-corrected chi connectivity index (χ1v) is 7.05. The SMILES string of the molecule is Cc1oc2ccccc2c1C(C)(C)N1CCNCC1. The van der Waals surface area contributed by atoms with Crippen LogP contribution in [0.1, 0.15) is 25.2 Å². The topological polar surface area (TPSA) is 28.4 Å². The second-order valence-corrected chi connectivity index (χ2v) is 5.83. The van der Waals surface area contributed by atoms with Crippen molar-refractivity contribution < 1.29 is 4.42 Å². The van der Waals surface area contributed by atoms with Crippen molar-refractivity contribution >= 4 is 11.0 Å². The van der Waals surface area contributed by atoms with Crippen molar-refractivity contribution in [2.45, 2.75) is 26.3 Å². The van der Waals surface area contributed by atoms with Crippen LogP contribution in [0.5, 0.6) is 0 Å². The lowest BCUT2D eigenvalue weighted by Gasteiger charge is -2.41. The first-order valence-electron chi connectivity index (χ1n) is 7.05. The summed E-state index contributed by atoms with van der Waals surface area (Å²) >= 11 is 0. The van der Waals surface area contributed by atoms with Crippen molar-refractivity contribution in [3.8, 4) is 0 Å². The Kier molecular flexibility index (Phi) is 3.11. The number of benzene rings is 1. The van der Waals surface area contributed by atoms with E-state index in [-0.39, 0.29) is 5.54 Å². The molecule has 3 heteroatoms. The Hall–Kier alpha value is -1.32. The van der Waals surface area contributed by atoms with Crippen LogP contribution in [0, 0.1) is 6.92 Å². The number of hydrogen-bond donors (Lipinski definition) is 1. The zero-order valence-electron chi connectivity index (χ0n) is 12.0. The van der Waals surface area contributed by atoms with E-state index in [1.807, 2.05) is 6.07 Å². The third kappa shape index (κ3) is 2.07. The Morgan fingerprint density at radius 3 is 2.58 bits per heavy atom. The molecular weight excluding hydrogens is 236 g/mol. The highest BCUT2D eigenvalue weighted by Crippen LogP contribution is 2.37. The zero-order valence-corrected chi connectivity index (χ0v) is 12.0. The zero-order chi connectivity index (χ0) is 13.5. The maximum atomic E-state index is 5.93. The van der Waals surface area contributed by atoms with Gasteiger partial charge in [-0.25, -0.2) is 0 Å². The standard InChI is InChI=1S/C16H22N2O/c1-12-15(13-6-4-5-7-14(13)19-12)16(2,3)18-10-8-17-9-11-18/h4-7,17H,8-11H2,1-3H3. The molecule has 19 heavy (non-hydrogen) atoms. The number of nitrogens with one attached hydrogen (secondary N) is 1. The largest absolute Gasteiger partial charge is 0.461 e. The molecule has 1 saturated heterocycles. The molecule has 1 fully saturated rings. The summed E-state index contributed by atoms with van der Waals surface area (Å²) in [7, 11) is 0. The van der Waals surface area contributed by atoms with Crippen molar-refractivity contribution in [2.75, 3.05) is 26.2 Å². The Morgan fingerprint density at radius 2 is 1.84 bits per heavy atom. The van der Waals surface area contributed by atoms with Crippen molar-refractivity contribution in [3.63, 3.8) is 0 Å². The van der Waals surface area contributed by atoms with Crippen LogP contribution >= 0.6 is 0 Å². The maximum Gasteiger partial charge on any atom is 0.134 e. The average molecular weight is 258 g/mol. The van der Waals surface area contributed by atoms with E-state index in [1.165, 1.54) is 10.9 Å². The van der Waals surface area contributed by atoms with E-state index in [4.69, 9.17) is 4.42 Å². The summed E-state index contributed by atoms with van der Waals surface area (Å²) in [6.45, 7) is 11.0. The molecular formula is C16H22N2O. The number of piperazine rings is 1. The van der Waals surface area contributed by atoms with Gasteiger partial charge >= 0.3 is 0 Å². The Bertz CT molecular complexity index is 579. The van der Waals surface area contributed by atoms with Crippen LogP contribution in [-0.4, -0.2) is 31.1 Å². The van der Waals surface area contributed by atoms with Gasteiger partial charge < -0.3 is 9.73 Å². The van der Waals surface area contributed by atoms with Crippen LogP contribution in [0.3, 0.4) is 0 Å². The summed E-state index contributed by atoms with van der Waals surface area (Å²) in [5, 5.41) is 4.67. The molecule has 2 heterocycles. The van der Waals surface area contributed by atoms with Gasteiger partial charge in [-0.2, -0.15) is 0 Å². The predicted octanol–water partition coefficient (Wildman–Crippen LogP) is 2.88. The predicted molar refractivity (Wildman–Crippen MR) is 78.4 cm³/mol. The van der Waals surface area contributed by atoms with E-state index in [9.17, 15) is 0 Å². The van der Waals surface area contributed by atoms with Gasteiger partial charge in [-0.1, -0.05) is 18.2 Å². The molecule has 0 spiro atoms. The normalized spacial score (nSPS) is 18.1. The van der Waals surface area contributed by atoms with Gasteiger partial charge in [-0.3, -0.25) is 4.90 Å². The molecule has 3 rings (SSSR count). The lowest BCUT2D eigenvalue weighted by Crippen LogP contribution is -2.51. The highest BCUT2D eigenvalue weighted by molar-refractivity contribution is 5.83. The molecule has 0 radical (unpaired) electrons. The third-order valence-electron chi connectivity index (χ3n) is 4.29. The minimum Gasteiger partial charge on any atom is -0.461 e. The molecule has 1 aliphatic rings. The summed E-state index contributed by atoms with van der Waals surface area (Å²) in [6.07, 6.45) is 0. The summed E-state index contributed by atoms with van der Waals surface area (Å²) in [5.41, 5.74) is 2.35. The van der Waals surface area contributed by atoms with E-state index in [0.717, 1.165) is 37.5 Å².